The highest BCUT2D eigenvalue weighted by Crippen LogP contribution is 2.50. The number of hydrogen-bond donors (Lipinski definition) is 0. The molecule has 0 saturated carbocycles. The van der Waals surface area contributed by atoms with Gasteiger partial charge in [-0.3, -0.25) is 0 Å². The SMILES string of the molecule is CC(C)c1nc2c3c4c(cccc4cc2nc1-c1cc(C(C)(C)C)c2ccccc2c1)-c1ccccc1-3. The molecular weight excluding hydrogens is 448 g/mol. The summed E-state index contributed by atoms with van der Waals surface area (Å²) in [5, 5.41) is 5.08. The zero-order valence-corrected chi connectivity index (χ0v) is 22.1. The Morgan fingerprint density at radius 3 is 2.16 bits per heavy atom. The van der Waals surface area contributed by atoms with Crippen LogP contribution in [0.15, 0.2) is 84.9 Å². The van der Waals surface area contributed by atoms with Gasteiger partial charge in [-0.25, -0.2) is 9.97 Å². The van der Waals surface area contributed by atoms with E-state index in [4.69, 9.17) is 9.97 Å². The first-order valence-corrected chi connectivity index (χ1v) is 13.2. The van der Waals surface area contributed by atoms with Crippen molar-refractivity contribution < 1.29 is 0 Å². The summed E-state index contributed by atoms with van der Waals surface area (Å²) in [5.74, 6) is 0.242. The third kappa shape index (κ3) is 3.25. The predicted molar refractivity (Wildman–Crippen MR) is 157 cm³/mol. The van der Waals surface area contributed by atoms with E-state index in [1.54, 1.807) is 0 Å². The summed E-state index contributed by atoms with van der Waals surface area (Å²) in [4.78, 5) is 10.8. The normalized spacial score (nSPS) is 12.7. The summed E-state index contributed by atoms with van der Waals surface area (Å²) < 4.78 is 0. The summed E-state index contributed by atoms with van der Waals surface area (Å²) in [6.07, 6.45) is 0. The van der Waals surface area contributed by atoms with Gasteiger partial charge in [-0.2, -0.15) is 0 Å². The first kappa shape index (κ1) is 22.2. The molecule has 0 N–H and O–H groups in total. The van der Waals surface area contributed by atoms with Crippen LogP contribution in [0.5, 0.6) is 0 Å². The summed E-state index contributed by atoms with van der Waals surface area (Å²) >= 11 is 0. The van der Waals surface area contributed by atoms with Gasteiger partial charge in [0.15, 0.2) is 0 Å². The molecule has 0 fully saturated rings. The molecule has 0 atom stereocenters. The van der Waals surface area contributed by atoms with Crippen LogP contribution in [0, 0.1) is 0 Å². The van der Waals surface area contributed by atoms with E-state index in [2.05, 4.69) is 120 Å². The number of benzene rings is 5. The lowest BCUT2D eigenvalue weighted by Gasteiger charge is -2.23. The monoisotopic (exact) mass is 478 g/mol. The van der Waals surface area contributed by atoms with Gasteiger partial charge in [0.2, 0.25) is 0 Å². The first-order valence-electron chi connectivity index (χ1n) is 13.2. The average molecular weight is 479 g/mol. The van der Waals surface area contributed by atoms with Crippen LogP contribution < -0.4 is 0 Å². The van der Waals surface area contributed by atoms with Crippen molar-refractivity contribution in [2.75, 3.05) is 0 Å². The molecule has 0 bridgehead atoms. The van der Waals surface area contributed by atoms with Crippen LogP contribution in [-0.2, 0) is 5.41 Å². The average Bonchev–Trinajstić information content (AvgIpc) is 3.23. The van der Waals surface area contributed by atoms with Crippen LogP contribution in [0.4, 0.5) is 0 Å². The fraction of sp³-hybridized carbons (Fsp3) is 0.200. The molecule has 0 unspecified atom stereocenters. The van der Waals surface area contributed by atoms with Gasteiger partial charge in [0.25, 0.3) is 0 Å². The lowest BCUT2D eigenvalue weighted by Crippen LogP contribution is -2.12. The van der Waals surface area contributed by atoms with E-state index in [1.165, 1.54) is 49.4 Å². The maximum atomic E-state index is 5.41. The summed E-state index contributed by atoms with van der Waals surface area (Å²) in [7, 11) is 0. The smallest absolute Gasteiger partial charge is 0.0975 e. The standard InChI is InChI=1S/C35H30N2/c1-20(2)32-33(23-17-21-11-6-7-13-24(21)28(18-23)35(3,4)5)36-29-19-22-12-10-16-26-25-14-8-9-15-27(25)31(30(22)26)34(29)37-32/h6-20H,1-5H3. The highest BCUT2D eigenvalue weighted by molar-refractivity contribution is 6.22. The van der Waals surface area contributed by atoms with E-state index in [0.29, 0.717) is 0 Å². The van der Waals surface area contributed by atoms with Crippen LogP contribution in [0.2, 0.25) is 0 Å². The van der Waals surface area contributed by atoms with E-state index in [0.717, 1.165) is 28.0 Å². The van der Waals surface area contributed by atoms with Crippen molar-refractivity contribution in [2.24, 2.45) is 0 Å². The van der Waals surface area contributed by atoms with Gasteiger partial charge in [0.1, 0.15) is 0 Å². The van der Waals surface area contributed by atoms with Gasteiger partial charge in [0.05, 0.1) is 22.4 Å². The van der Waals surface area contributed by atoms with Crippen molar-refractivity contribution in [3.05, 3.63) is 96.2 Å². The molecule has 180 valence electrons. The van der Waals surface area contributed by atoms with E-state index >= 15 is 0 Å². The molecule has 0 amide bonds. The first-order chi connectivity index (χ1) is 17.8. The molecule has 7 rings (SSSR count). The van der Waals surface area contributed by atoms with Crippen molar-refractivity contribution in [1.82, 2.24) is 9.97 Å². The molecule has 0 aliphatic heterocycles. The molecule has 1 aromatic heterocycles. The lowest BCUT2D eigenvalue weighted by atomic mass is 9.82. The maximum absolute atomic E-state index is 5.41. The van der Waals surface area contributed by atoms with Crippen LogP contribution in [0.3, 0.4) is 0 Å². The topological polar surface area (TPSA) is 25.8 Å². The second-order valence-corrected chi connectivity index (χ2v) is 11.7. The summed E-state index contributed by atoms with van der Waals surface area (Å²) in [6, 6.07) is 30.9. The molecule has 1 aliphatic rings. The zero-order chi connectivity index (χ0) is 25.5. The van der Waals surface area contributed by atoms with Crippen molar-refractivity contribution in [1.29, 1.82) is 0 Å². The van der Waals surface area contributed by atoms with Crippen LogP contribution in [0.1, 0.15) is 51.8 Å². The molecule has 2 nitrogen and oxygen atoms in total. The van der Waals surface area contributed by atoms with Gasteiger partial charge in [0, 0.05) is 11.1 Å². The Labute approximate surface area is 218 Å². The zero-order valence-electron chi connectivity index (χ0n) is 22.1. The quantitative estimate of drug-likeness (QED) is 0.231. The van der Waals surface area contributed by atoms with Gasteiger partial charge in [-0.1, -0.05) is 101 Å². The highest BCUT2D eigenvalue weighted by Gasteiger charge is 2.26. The van der Waals surface area contributed by atoms with Crippen molar-refractivity contribution in [3.8, 4) is 33.5 Å². The van der Waals surface area contributed by atoms with Crippen LogP contribution in [-0.4, -0.2) is 9.97 Å². The van der Waals surface area contributed by atoms with Crippen molar-refractivity contribution >= 4 is 32.6 Å². The molecule has 1 heterocycles. The number of rotatable bonds is 2. The summed E-state index contributed by atoms with van der Waals surface area (Å²) in [5.41, 5.74) is 11.6. The Balaban J connectivity index is 1.58. The number of fused-ring (bicyclic) bond motifs is 6. The lowest BCUT2D eigenvalue weighted by molar-refractivity contribution is 0.596. The van der Waals surface area contributed by atoms with Crippen molar-refractivity contribution in [3.63, 3.8) is 0 Å². The second kappa shape index (κ2) is 7.73. The highest BCUT2D eigenvalue weighted by atomic mass is 14.8. The molecule has 0 saturated heterocycles. The molecule has 2 heteroatoms. The van der Waals surface area contributed by atoms with E-state index in [-0.39, 0.29) is 11.3 Å². The Hall–Kier alpha value is -4.04. The van der Waals surface area contributed by atoms with E-state index in [1.807, 2.05) is 0 Å². The van der Waals surface area contributed by atoms with E-state index < -0.39 is 0 Å². The van der Waals surface area contributed by atoms with Crippen LogP contribution in [0.25, 0.3) is 66.1 Å². The maximum Gasteiger partial charge on any atom is 0.0975 e. The Morgan fingerprint density at radius 2 is 1.38 bits per heavy atom. The molecule has 6 aromatic rings. The molecule has 0 spiro atoms. The second-order valence-electron chi connectivity index (χ2n) is 11.7. The third-order valence-electron chi connectivity index (χ3n) is 7.80. The minimum Gasteiger partial charge on any atom is -0.248 e. The largest absolute Gasteiger partial charge is 0.248 e. The fourth-order valence-electron chi connectivity index (χ4n) is 6.09. The molecule has 5 aromatic carbocycles. The van der Waals surface area contributed by atoms with Crippen molar-refractivity contribution in [2.45, 2.75) is 46.0 Å². The summed E-state index contributed by atoms with van der Waals surface area (Å²) in [6.45, 7) is 11.3. The Morgan fingerprint density at radius 1 is 0.676 bits per heavy atom. The Kier molecular flexibility index (Phi) is 4.63. The number of nitrogens with zero attached hydrogens (tertiary/aromatic N) is 2. The molecule has 1 aliphatic carbocycles. The van der Waals surface area contributed by atoms with Crippen LogP contribution >= 0.6 is 0 Å². The van der Waals surface area contributed by atoms with Gasteiger partial charge >= 0.3 is 0 Å². The molecule has 0 radical (unpaired) electrons. The number of aromatic nitrogens is 2. The predicted octanol–water partition coefficient (Wildman–Crippen LogP) is 9.67. The van der Waals surface area contributed by atoms with Gasteiger partial charge < -0.3 is 0 Å². The molecular formula is C35H30N2. The van der Waals surface area contributed by atoms with Gasteiger partial charge in [-0.15, -0.1) is 0 Å². The number of hydrogen-bond acceptors (Lipinski definition) is 2. The minimum atomic E-state index is 0.0140. The Bertz CT molecular complexity index is 1890. The fourth-order valence-corrected chi connectivity index (χ4v) is 6.09. The van der Waals surface area contributed by atoms with E-state index in [9.17, 15) is 0 Å². The molecule has 37 heavy (non-hydrogen) atoms. The minimum absolute atomic E-state index is 0.0140. The van der Waals surface area contributed by atoms with Gasteiger partial charge in [-0.05, 0) is 73.3 Å². The third-order valence-corrected chi connectivity index (χ3v) is 7.80.